The van der Waals surface area contributed by atoms with Crippen LogP contribution in [0.2, 0.25) is 0 Å². The number of carboxylic acid groups (broad SMARTS) is 1. The minimum absolute atomic E-state index is 0.471. The monoisotopic (exact) mass is 170 g/mol. The lowest BCUT2D eigenvalue weighted by molar-refractivity contribution is -0.140. The van der Waals surface area contributed by atoms with Crippen LogP contribution in [0, 0.1) is 0 Å². The number of aliphatic imine (C=N–C) groups is 1. The van der Waals surface area contributed by atoms with Gasteiger partial charge in [-0.05, 0) is 13.3 Å². The molecule has 0 fully saturated rings. The summed E-state index contributed by atoms with van der Waals surface area (Å²) in [4.78, 5) is 16.6. The average molecular weight is 170 g/mol. The van der Waals surface area contributed by atoms with Gasteiger partial charge in [0.2, 0.25) is 0 Å². The Labute approximate surface area is 71.9 Å². The van der Waals surface area contributed by atoms with E-state index in [2.05, 4.69) is 4.99 Å². The van der Waals surface area contributed by atoms with Crippen LogP contribution in [0.15, 0.2) is 4.99 Å². The molecule has 0 aromatic heterocycles. The molecule has 0 saturated carbocycles. The van der Waals surface area contributed by atoms with Crippen LogP contribution in [-0.4, -0.2) is 41.4 Å². The van der Waals surface area contributed by atoms with Crippen LogP contribution < -0.4 is 0 Å². The lowest BCUT2D eigenvalue weighted by atomic mass is 10.2. The highest BCUT2D eigenvalue weighted by molar-refractivity contribution is 5.87. The molecule has 0 aromatic carbocycles. The number of nitrogens with zero attached hydrogens (tertiary/aromatic N) is 2. The molecule has 0 unspecified atom stereocenters. The second-order valence-corrected chi connectivity index (χ2v) is 3.03. The molecule has 12 heavy (non-hydrogen) atoms. The summed E-state index contributed by atoms with van der Waals surface area (Å²) < 4.78 is 0. The lowest BCUT2D eigenvalue weighted by Crippen LogP contribution is -2.39. The largest absolute Gasteiger partial charge is 0.480 e. The van der Waals surface area contributed by atoms with Gasteiger partial charge in [-0.15, -0.1) is 0 Å². The number of aliphatic carboxylic acids is 1. The van der Waals surface area contributed by atoms with Crippen molar-refractivity contribution < 1.29 is 9.90 Å². The summed E-state index contributed by atoms with van der Waals surface area (Å²) >= 11 is 0. The number of hydrogen-bond donors (Lipinski definition) is 1. The smallest absolute Gasteiger partial charge is 0.326 e. The summed E-state index contributed by atoms with van der Waals surface area (Å²) in [5.41, 5.74) is 0. The molecule has 0 aromatic rings. The molecular formula is C8H14N2O2. The van der Waals surface area contributed by atoms with Crippen LogP contribution in [0.4, 0.5) is 0 Å². The number of carbonyl (C=O) groups is 1. The van der Waals surface area contributed by atoms with Crippen molar-refractivity contribution in [2.24, 2.45) is 4.99 Å². The zero-order valence-corrected chi connectivity index (χ0v) is 7.45. The first-order chi connectivity index (χ1) is 5.63. The number of rotatable bonds is 2. The van der Waals surface area contributed by atoms with Crippen molar-refractivity contribution in [1.29, 1.82) is 0 Å². The normalized spacial score (nSPS) is 18.7. The topological polar surface area (TPSA) is 52.9 Å². The number of carboxylic acids is 1. The standard InChI is InChI=1S/C8H14N2O2/c1-6(8(11)12)10(2)7-4-3-5-9-7/h6H,3-5H2,1-2H3,(H,11,12)/t6-/m0/s1. The van der Waals surface area contributed by atoms with Gasteiger partial charge in [-0.25, -0.2) is 4.79 Å². The SMILES string of the molecule is C[C@@H](C(=O)O)N(C)C1=NCCC1. The third kappa shape index (κ3) is 1.75. The van der Waals surface area contributed by atoms with E-state index in [4.69, 9.17) is 5.11 Å². The molecule has 68 valence electrons. The number of likely N-dealkylation sites (N-methyl/N-ethyl adjacent to an activating group) is 1. The highest BCUT2D eigenvalue weighted by Gasteiger charge is 2.21. The van der Waals surface area contributed by atoms with E-state index in [0.29, 0.717) is 0 Å². The second kappa shape index (κ2) is 3.56. The first-order valence-corrected chi connectivity index (χ1v) is 4.12. The molecule has 1 aliphatic rings. The molecule has 0 bridgehead atoms. The van der Waals surface area contributed by atoms with Gasteiger partial charge in [-0.1, -0.05) is 0 Å². The van der Waals surface area contributed by atoms with Gasteiger partial charge in [0.05, 0.1) is 5.84 Å². The fourth-order valence-electron chi connectivity index (χ4n) is 1.20. The third-order valence-electron chi connectivity index (χ3n) is 2.20. The Balaban J connectivity index is 2.57. The van der Waals surface area contributed by atoms with Crippen LogP contribution in [0.25, 0.3) is 0 Å². The van der Waals surface area contributed by atoms with Gasteiger partial charge in [0, 0.05) is 20.0 Å². The molecule has 0 aliphatic carbocycles. The molecule has 0 spiro atoms. The van der Waals surface area contributed by atoms with Crippen LogP contribution in [0.5, 0.6) is 0 Å². The summed E-state index contributed by atoms with van der Waals surface area (Å²) in [6, 6.07) is -0.471. The van der Waals surface area contributed by atoms with Gasteiger partial charge >= 0.3 is 5.97 Å². The summed E-state index contributed by atoms with van der Waals surface area (Å²) in [7, 11) is 1.78. The van der Waals surface area contributed by atoms with E-state index in [1.165, 1.54) is 0 Å². The summed E-state index contributed by atoms with van der Waals surface area (Å²) in [6.07, 6.45) is 1.96. The lowest BCUT2D eigenvalue weighted by Gasteiger charge is -2.22. The Bertz CT molecular complexity index is 213. The fraction of sp³-hybridized carbons (Fsp3) is 0.750. The van der Waals surface area contributed by atoms with Gasteiger partial charge in [0.1, 0.15) is 6.04 Å². The second-order valence-electron chi connectivity index (χ2n) is 3.03. The van der Waals surface area contributed by atoms with Crippen LogP contribution in [-0.2, 0) is 4.79 Å². The first-order valence-electron chi connectivity index (χ1n) is 4.12. The maximum atomic E-state index is 10.6. The Morgan fingerprint density at radius 1 is 1.75 bits per heavy atom. The van der Waals surface area contributed by atoms with Crippen LogP contribution in [0.1, 0.15) is 19.8 Å². The van der Waals surface area contributed by atoms with Gasteiger partial charge < -0.3 is 10.0 Å². The predicted octanol–water partition coefficient (Wildman–Crippen LogP) is 0.584. The van der Waals surface area contributed by atoms with E-state index in [1.807, 2.05) is 0 Å². The Kier molecular flexibility index (Phi) is 2.68. The zero-order valence-electron chi connectivity index (χ0n) is 7.45. The molecule has 4 heteroatoms. The first kappa shape index (κ1) is 9.03. The molecule has 0 amide bonds. The molecule has 1 atom stereocenters. The molecule has 4 nitrogen and oxygen atoms in total. The summed E-state index contributed by atoms with van der Waals surface area (Å²) in [5, 5.41) is 8.72. The van der Waals surface area contributed by atoms with Crippen molar-refractivity contribution in [3.63, 3.8) is 0 Å². The van der Waals surface area contributed by atoms with Crippen molar-refractivity contribution >= 4 is 11.8 Å². The summed E-state index contributed by atoms with van der Waals surface area (Å²) in [5.74, 6) is 0.122. The highest BCUT2D eigenvalue weighted by atomic mass is 16.4. The number of hydrogen-bond acceptors (Lipinski definition) is 3. The highest BCUT2D eigenvalue weighted by Crippen LogP contribution is 2.09. The third-order valence-corrected chi connectivity index (χ3v) is 2.20. The molecule has 1 aliphatic heterocycles. The quantitative estimate of drug-likeness (QED) is 0.659. The Morgan fingerprint density at radius 2 is 2.42 bits per heavy atom. The van der Waals surface area contributed by atoms with E-state index in [1.54, 1.807) is 18.9 Å². The molecule has 1 rings (SSSR count). The maximum Gasteiger partial charge on any atom is 0.326 e. The molecule has 0 saturated heterocycles. The van der Waals surface area contributed by atoms with E-state index in [9.17, 15) is 4.79 Å². The zero-order chi connectivity index (χ0) is 9.14. The van der Waals surface area contributed by atoms with Gasteiger partial charge in [-0.3, -0.25) is 4.99 Å². The van der Waals surface area contributed by atoms with Crippen molar-refractivity contribution in [3.8, 4) is 0 Å². The molecule has 1 heterocycles. The van der Waals surface area contributed by atoms with E-state index >= 15 is 0 Å². The van der Waals surface area contributed by atoms with E-state index in [-0.39, 0.29) is 0 Å². The minimum Gasteiger partial charge on any atom is -0.480 e. The van der Waals surface area contributed by atoms with Gasteiger partial charge in [0.25, 0.3) is 0 Å². The molecule has 0 radical (unpaired) electrons. The van der Waals surface area contributed by atoms with Crippen molar-refractivity contribution in [2.45, 2.75) is 25.8 Å². The van der Waals surface area contributed by atoms with E-state index < -0.39 is 12.0 Å². The maximum absolute atomic E-state index is 10.6. The minimum atomic E-state index is -0.799. The van der Waals surface area contributed by atoms with Crippen LogP contribution >= 0.6 is 0 Å². The van der Waals surface area contributed by atoms with E-state index in [0.717, 1.165) is 25.2 Å². The molecular weight excluding hydrogens is 156 g/mol. The summed E-state index contributed by atoms with van der Waals surface area (Å²) in [6.45, 7) is 2.51. The predicted molar refractivity (Wildman–Crippen MR) is 46.4 cm³/mol. The van der Waals surface area contributed by atoms with Crippen molar-refractivity contribution in [2.75, 3.05) is 13.6 Å². The average Bonchev–Trinajstić information content (AvgIpc) is 2.53. The fourth-order valence-corrected chi connectivity index (χ4v) is 1.20. The van der Waals surface area contributed by atoms with Gasteiger partial charge in [-0.2, -0.15) is 0 Å². The Morgan fingerprint density at radius 3 is 2.83 bits per heavy atom. The van der Waals surface area contributed by atoms with Crippen molar-refractivity contribution in [3.05, 3.63) is 0 Å². The number of amidine groups is 1. The van der Waals surface area contributed by atoms with Crippen LogP contribution in [0.3, 0.4) is 0 Å². The Hall–Kier alpha value is -1.06. The van der Waals surface area contributed by atoms with Gasteiger partial charge in [0.15, 0.2) is 0 Å². The molecule has 1 N–H and O–H groups in total. The van der Waals surface area contributed by atoms with Crippen molar-refractivity contribution in [1.82, 2.24) is 4.90 Å².